The lowest BCUT2D eigenvalue weighted by Crippen LogP contribution is -2.17. The lowest BCUT2D eigenvalue weighted by Gasteiger charge is -2.25. The van der Waals surface area contributed by atoms with Gasteiger partial charge in [-0.3, -0.25) is 4.68 Å². The van der Waals surface area contributed by atoms with Gasteiger partial charge < -0.3 is 10.8 Å². The molecule has 1 saturated carbocycles. The first-order valence-electron chi connectivity index (χ1n) is 4.26. The van der Waals surface area contributed by atoms with Crippen LogP contribution in [-0.4, -0.2) is 20.9 Å². The third-order valence-corrected chi connectivity index (χ3v) is 2.44. The van der Waals surface area contributed by atoms with Crippen LogP contribution in [0, 0.1) is 0 Å². The van der Waals surface area contributed by atoms with E-state index < -0.39 is 5.97 Å². The molecule has 0 saturated heterocycles. The summed E-state index contributed by atoms with van der Waals surface area (Å²) in [6, 6.07) is 0.357. The third-order valence-electron chi connectivity index (χ3n) is 2.44. The molecule has 2 rings (SSSR count). The monoisotopic (exact) mass is 181 g/mol. The third kappa shape index (κ3) is 1.26. The number of rotatable bonds is 2. The fourth-order valence-electron chi connectivity index (χ4n) is 1.41. The Morgan fingerprint density at radius 1 is 1.69 bits per heavy atom. The lowest BCUT2D eigenvalue weighted by atomic mass is 9.93. The van der Waals surface area contributed by atoms with Crippen molar-refractivity contribution in [1.29, 1.82) is 0 Å². The molecule has 0 spiro atoms. The van der Waals surface area contributed by atoms with Gasteiger partial charge in [0, 0.05) is 6.20 Å². The van der Waals surface area contributed by atoms with Crippen LogP contribution in [0.2, 0.25) is 0 Å². The minimum Gasteiger partial charge on any atom is -0.477 e. The Morgan fingerprint density at radius 2 is 2.38 bits per heavy atom. The van der Waals surface area contributed by atoms with E-state index in [0.29, 0.717) is 6.04 Å². The van der Waals surface area contributed by atoms with Gasteiger partial charge in [-0.05, 0) is 19.3 Å². The molecule has 3 N–H and O–H groups in total. The Bertz CT molecular complexity index is 341. The molecular weight excluding hydrogens is 170 g/mol. The van der Waals surface area contributed by atoms with Gasteiger partial charge in [-0.1, -0.05) is 0 Å². The Balaban J connectivity index is 2.28. The van der Waals surface area contributed by atoms with Crippen LogP contribution in [0.25, 0.3) is 0 Å². The maximum atomic E-state index is 10.6. The Kier molecular flexibility index (Phi) is 1.72. The maximum Gasteiger partial charge on any atom is 0.341 e. The molecule has 1 heterocycles. The summed E-state index contributed by atoms with van der Waals surface area (Å²) in [4.78, 5) is 10.6. The summed E-state index contributed by atoms with van der Waals surface area (Å²) in [5, 5.41) is 12.7. The molecule has 0 unspecified atom stereocenters. The van der Waals surface area contributed by atoms with E-state index in [1.807, 2.05) is 0 Å². The van der Waals surface area contributed by atoms with Gasteiger partial charge in [-0.2, -0.15) is 5.10 Å². The largest absolute Gasteiger partial charge is 0.477 e. The summed E-state index contributed by atoms with van der Waals surface area (Å²) >= 11 is 0. The second-order valence-corrected chi connectivity index (χ2v) is 3.30. The molecule has 1 aromatic heterocycles. The minimum absolute atomic E-state index is 0.104. The van der Waals surface area contributed by atoms with E-state index >= 15 is 0 Å². The summed E-state index contributed by atoms with van der Waals surface area (Å²) in [6.45, 7) is 0. The van der Waals surface area contributed by atoms with Crippen molar-refractivity contribution in [3.05, 3.63) is 11.8 Å². The Morgan fingerprint density at radius 3 is 2.77 bits per heavy atom. The van der Waals surface area contributed by atoms with E-state index in [4.69, 9.17) is 10.8 Å². The highest BCUT2D eigenvalue weighted by Gasteiger charge is 2.22. The standard InChI is InChI=1S/C8H11N3O2/c9-7-6(8(12)13)4-11(10-7)5-2-1-3-5/h4-5H,1-3H2,(H2,9,10)(H,12,13). The van der Waals surface area contributed by atoms with Crippen molar-refractivity contribution in [1.82, 2.24) is 9.78 Å². The highest BCUT2D eigenvalue weighted by Crippen LogP contribution is 2.31. The molecule has 0 aliphatic heterocycles. The fourth-order valence-corrected chi connectivity index (χ4v) is 1.41. The van der Waals surface area contributed by atoms with Crippen LogP contribution in [0.5, 0.6) is 0 Å². The quantitative estimate of drug-likeness (QED) is 0.709. The lowest BCUT2D eigenvalue weighted by molar-refractivity contribution is 0.0697. The normalized spacial score (nSPS) is 16.9. The number of nitrogens with two attached hydrogens (primary N) is 1. The van der Waals surface area contributed by atoms with Crippen molar-refractivity contribution in [3.63, 3.8) is 0 Å². The zero-order valence-corrected chi connectivity index (χ0v) is 7.10. The van der Waals surface area contributed by atoms with Gasteiger partial charge in [0.15, 0.2) is 5.82 Å². The van der Waals surface area contributed by atoms with Crippen molar-refractivity contribution < 1.29 is 9.90 Å². The summed E-state index contributed by atoms with van der Waals surface area (Å²) in [5.41, 5.74) is 5.55. The summed E-state index contributed by atoms with van der Waals surface area (Å²) in [5.74, 6) is -0.900. The number of hydrogen-bond acceptors (Lipinski definition) is 3. The SMILES string of the molecule is Nc1nn(C2CCC2)cc1C(=O)O. The van der Waals surface area contributed by atoms with Crippen molar-refractivity contribution in [2.75, 3.05) is 5.73 Å². The Labute approximate surface area is 75.2 Å². The molecule has 0 aromatic carbocycles. The number of aromatic nitrogens is 2. The topological polar surface area (TPSA) is 81.1 Å². The van der Waals surface area contributed by atoms with Gasteiger partial charge in [0.1, 0.15) is 5.56 Å². The van der Waals surface area contributed by atoms with Gasteiger partial charge in [-0.25, -0.2) is 4.79 Å². The van der Waals surface area contributed by atoms with Gasteiger partial charge in [0.05, 0.1) is 6.04 Å². The predicted octanol–water partition coefficient (Wildman–Crippen LogP) is 0.888. The highest BCUT2D eigenvalue weighted by atomic mass is 16.4. The number of anilines is 1. The highest BCUT2D eigenvalue weighted by molar-refractivity contribution is 5.92. The smallest absolute Gasteiger partial charge is 0.341 e. The van der Waals surface area contributed by atoms with Crippen molar-refractivity contribution >= 4 is 11.8 Å². The van der Waals surface area contributed by atoms with Crippen LogP contribution in [0.4, 0.5) is 5.82 Å². The number of aromatic carboxylic acids is 1. The van der Waals surface area contributed by atoms with E-state index in [0.717, 1.165) is 12.8 Å². The maximum absolute atomic E-state index is 10.6. The van der Waals surface area contributed by atoms with Crippen LogP contribution in [-0.2, 0) is 0 Å². The molecule has 1 aliphatic rings. The van der Waals surface area contributed by atoms with Gasteiger partial charge in [0.25, 0.3) is 0 Å². The fraction of sp³-hybridized carbons (Fsp3) is 0.500. The molecule has 1 aliphatic carbocycles. The minimum atomic E-state index is -1.01. The van der Waals surface area contributed by atoms with Gasteiger partial charge >= 0.3 is 5.97 Å². The molecule has 0 radical (unpaired) electrons. The number of carboxylic acid groups (broad SMARTS) is 1. The van der Waals surface area contributed by atoms with Crippen molar-refractivity contribution in [2.45, 2.75) is 25.3 Å². The van der Waals surface area contributed by atoms with Crippen LogP contribution < -0.4 is 5.73 Å². The molecule has 0 atom stereocenters. The first-order chi connectivity index (χ1) is 6.18. The molecule has 1 aromatic rings. The van der Waals surface area contributed by atoms with E-state index in [2.05, 4.69) is 5.10 Å². The molecule has 13 heavy (non-hydrogen) atoms. The zero-order chi connectivity index (χ0) is 9.42. The van der Waals surface area contributed by atoms with Crippen LogP contribution in [0.15, 0.2) is 6.20 Å². The van der Waals surface area contributed by atoms with E-state index in [1.54, 1.807) is 4.68 Å². The average molecular weight is 181 g/mol. The van der Waals surface area contributed by atoms with Crippen LogP contribution in [0.3, 0.4) is 0 Å². The number of carbonyl (C=O) groups is 1. The molecule has 0 amide bonds. The second-order valence-electron chi connectivity index (χ2n) is 3.30. The van der Waals surface area contributed by atoms with Gasteiger partial charge in [-0.15, -0.1) is 0 Å². The number of nitrogens with zero attached hydrogens (tertiary/aromatic N) is 2. The summed E-state index contributed by atoms with van der Waals surface area (Å²) in [7, 11) is 0. The van der Waals surface area contributed by atoms with E-state index in [9.17, 15) is 4.79 Å². The van der Waals surface area contributed by atoms with Crippen LogP contribution in [0.1, 0.15) is 35.7 Å². The van der Waals surface area contributed by atoms with Crippen molar-refractivity contribution in [3.8, 4) is 0 Å². The van der Waals surface area contributed by atoms with Crippen molar-refractivity contribution in [2.24, 2.45) is 0 Å². The number of nitrogen functional groups attached to an aromatic ring is 1. The van der Waals surface area contributed by atoms with Crippen LogP contribution >= 0.6 is 0 Å². The summed E-state index contributed by atoms with van der Waals surface area (Å²) < 4.78 is 1.67. The second kappa shape index (κ2) is 2.76. The zero-order valence-electron chi connectivity index (χ0n) is 7.10. The predicted molar refractivity (Wildman–Crippen MR) is 46.5 cm³/mol. The molecule has 70 valence electrons. The van der Waals surface area contributed by atoms with E-state index in [1.165, 1.54) is 12.6 Å². The van der Waals surface area contributed by atoms with Gasteiger partial charge in [0.2, 0.25) is 0 Å². The molecule has 0 bridgehead atoms. The Hall–Kier alpha value is -1.52. The first kappa shape index (κ1) is 8.10. The molecular formula is C8H11N3O2. The summed E-state index contributed by atoms with van der Waals surface area (Å²) in [6.07, 6.45) is 4.84. The number of carboxylic acids is 1. The molecule has 5 nitrogen and oxygen atoms in total. The molecule has 5 heteroatoms. The number of hydrogen-bond donors (Lipinski definition) is 2. The average Bonchev–Trinajstić information content (AvgIpc) is 2.27. The molecule has 1 fully saturated rings. The van der Waals surface area contributed by atoms with E-state index in [-0.39, 0.29) is 11.4 Å². The first-order valence-corrected chi connectivity index (χ1v) is 4.26.